The monoisotopic (exact) mass is 535 g/mol. The van der Waals surface area contributed by atoms with Crippen molar-refractivity contribution >= 4 is 41.3 Å². The molecule has 2 heterocycles. The van der Waals surface area contributed by atoms with Crippen molar-refractivity contribution in [1.29, 1.82) is 0 Å². The molecule has 1 aliphatic rings. The third-order valence-electron chi connectivity index (χ3n) is 4.44. The number of likely N-dealkylation sites (tertiary alicyclic amines) is 1. The maximum Gasteiger partial charge on any atom is 0.434 e. The van der Waals surface area contributed by atoms with Gasteiger partial charge in [-0.25, -0.2) is 9.98 Å². The molecule has 2 N–H and O–H groups in total. The van der Waals surface area contributed by atoms with Crippen molar-refractivity contribution in [3.8, 4) is 0 Å². The van der Waals surface area contributed by atoms with Crippen molar-refractivity contribution in [2.45, 2.75) is 32.5 Å². The Bertz CT molecular complexity index is 592. The minimum atomic E-state index is -4.40. The van der Waals surface area contributed by atoms with Crippen LogP contribution in [0.3, 0.4) is 0 Å². The second kappa shape index (κ2) is 12.8. The summed E-state index contributed by atoms with van der Waals surface area (Å²) in [6.07, 6.45) is -2.19. The average Bonchev–Trinajstić information content (AvgIpc) is 3.12. The molecule has 1 aromatic rings. The molecule has 2 rings (SSSR count). The second-order valence-corrected chi connectivity index (χ2v) is 7.42. The summed E-state index contributed by atoms with van der Waals surface area (Å²) in [5.41, 5.74) is -0.851. The van der Waals surface area contributed by atoms with Crippen molar-refractivity contribution in [2.75, 3.05) is 46.4 Å². The number of rotatable bonds is 8. The average molecular weight is 535 g/mol. The summed E-state index contributed by atoms with van der Waals surface area (Å²) < 4.78 is 43.0. The Labute approximate surface area is 185 Å². The molecule has 0 aromatic carbocycles. The van der Waals surface area contributed by atoms with E-state index < -0.39 is 11.9 Å². The lowest BCUT2D eigenvalue weighted by molar-refractivity contribution is -0.140. The fraction of sp³-hybridized carbons (Fsp3) is 0.765. The smallest absolute Gasteiger partial charge is 0.383 e. The number of aromatic nitrogens is 1. The molecule has 0 saturated carbocycles. The predicted molar refractivity (Wildman–Crippen MR) is 116 cm³/mol. The molecule has 11 heteroatoms. The van der Waals surface area contributed by atoms with Gasteiger partial charge in [-0.05, 0) is 38.8 Å². The summed E-state index contributed by atoms with van der Waals surface area (Å²) >= 11 is 0.980. The lowest BCUT2D eigenvalue weighted by Crippen LogP contribution is -2.43. The van der Waals surface area contributed by atoms with Gasteiger partial charge in [0.25, 0.3) is 0 Å². The number of ether oxygens (including phenoxy) is 1. The highest BCUT2D eigenvalue weighted by Crippen LogP contribution is 2.30. The normalized spacial score (nSPS) is 16.7. The number of guanidine groups is 1. The standard InChI is InChI=1S/C17H28F3N5OS.HI/c1-3-21-16(23-11-15-24-14(12-27-15)17(18,19)20)22-10-13-4-6-25(7-5-13)8-9-26-2;/h12-13H,3-11H2,1-2H3,(H2,21,22,23);1H. The highest BCUT2D eigenvalue weighted by molar-refractivity contribution is 14.0. The number of thiazole rings is 1. The fourth-order valence-electron chi connectivity index (χ4n) is 2.88. The largest absolute Gasteiger partial charge is 0.434 e. The summed E-state index contributed by atoms with van der Waals surface area (Å²) in [6.45, 7) is 7.41. The maximum atomic E-state index is 12.6. The molecule has 1 saturated heterocycles. The van der Waals surface area contributed by atoms with E-state index in [9.17, 15) is 13.2 Å². The molecule has 1 aliphatic heterocycles. The van der Waals surface area contributed by atoms with Gasteiger partial charge in [-0.1, -0.05) is 0 Å². The molecule has 0 amide bonds. The third kappa shape index (κ3) is 8.78. The number of methoxy groups -OCH3 is 1. The Morgan fingerprint density at radius 3 is 2.64 bits per heavy atom. The zero-order valence-corrected chi connectivity index (χ0v) is 19.4. The van der Waals surface area contributed by atoms with Crippen LogP contribution in [0, 0.1) is 5.92 Å². The number of nitrogens with one attached hydrogen (secondary N) is 2. The molecule has 1 aromatic heterocycles. The van der Waals surface area contributed by atoms with E-state index in [4.69, 9.17) is 4.74 Å². The lowest BCUT2D eigenvalue weighted by atomic mass is 9.97. The van der Waals surface area contributed by atoms with Gasteiger partial charge in [0.15, 0.2) is 11.7 Å². The molecule has 162 valence electrons. The molecule has 0 radical (unpaired) electrons. The van der Waals surface area contributed by atoms with Crippen LogP contribution < -0.4 is 10.6 Å². The molecule has 0 atom stereocenters. The van der Waals surface area contributed by atoms with Crippen LogP contribution in [-0.4, -0.2) is 62.3 Å². The summed E-state index contributed by atoms with van der Waals surface area (Å²) in [6, 6.07) is 0. The van der Waals surface area contributed by atoms with Crippen LogP contribution in [0.15, 0.2) is 10.4 Å². The molecule has 6 nitrogen and oxygen atoms in total. The minimum Gasteiger partial charge on any atom is -0.383 e. The van der Waals surface area contributed by atoms with E-state index in [1.165, 1.54) is 0 Å². The van der Waals surface area contributed by atoms with Gasteiger partial charge in [-0.15, -0.1) is 35.3 Å². The van der Waals surface area contributed by atoms with Crippen LogP contribution in [0.4, 0.5) is 13.2 Å². The van der Waals surface area contributed by atoms with Gasteiger partial charge >= 0.3 is 6.18 Å². The van der Waals surface area contributed by atoms with Gasteiger partial charge in [0, 0.05) is 32.1 Å². The van der Waals surface area contributed by atoms with Crippen LogP contribution in [0.25, 0.3) is 0 Å². The number of hydrogen-bond acceptors (Lipinski definition) is 5. The number of hydrogen-bond donors (Lipinski definition) is 2. The Morgan fingerprint density at radius 1 is 1.36 bits per heavy atom. The Kier molecular flexibility index (Phi) is 11.6. The Hall–Kier alpha value is -0.660. The van der Waals surface area contributed by atoms with Gasteiger partial charge in [0.05, 0.1) is 13.2 Å². The SMILES string of the molecule is CCNC(=NCc1nc(C(F)(F)F)cs1)NCC1CCN(CCOC)CC1.I. The number of aliphatic imine (C=N–C) groups is 1. The summed E-state index contributed by atoms with van der Waals surface area (Å²) in [5, 5.41) is 7.82. The van der Waals surface area contributed by atoms with Crippen LogP contribution in [0.5, 0.6) is 0 Å². The molecular formula is C17H29F3IN5OS. The highest BCUT2D eigenvalue weighted by Gasteiger charge is 2.33. The van der Waals surface area contributed by atoms with Crippen molar-refractivity contribution in [1.82, 2.24) is 20.5 Å². The van der Waals surface area contributed by atoms with Gasteiger partial charge < -0.3 is 20.3 Å². The van der Waals surface area contributed by atoms with Gasteiger partial charge in [-0.2, -0.15) is 13.2 Å². The van der Waals surface area contributed by atoms with Gasteiger partial charge in [0.1, 0.15) is 5.01 Å². The van der Waals surface area contributed by atoms with Crippen LogP contribution in [0.2, 0.25) is 0 Å². The van der Waals surface area contributed by atoms with E-state index in [0.29, 0.717) is 23.4 Å². The van der Waals surface area contributed by atoms with E-state index in [2.05, 4.69) is 25.5 Å². The Morgan fingerprint density at radius 2 is 2.07 bits per heavy atom. The number of alkyl halides is 3. The minimum absolute atomic E-state index is 0. The number of nitrogens with zero attached hydrogens (tertiary/aromatic N) is 3. The summed E-state index contributed by atoms with van der Waals surface area (Å²) in [7, 11) is 1.72. The number of halogens is 4. The zero-order chi connectivity index (χ0) is 19.7. The first-order valence-electron chi connectivity index (χ1n) is 9.17. The van der Waals surface area contributed by atoms with Gasteiger partial charge in [0.2, 0.25) is 0 Å². The lowest BCUT2D eigenvalue weighted by Gasteiger charge is -2.32. The first-order valence-corrected chi connectivity index (χ1v) is 10.1. The van der Waals surface area contributed by atoms with Crippen LogP contribution >= 0.6 is 35.3 Å². The van der Waals surface area contributed by atoms with E-state index in [-0.39, 0.29) is 30.5 Å². The molecule has 28 heavy (non-hydrogen) atoms. The van der Waals surface area contributed by atoms with E-state index in [0.717, 1.165) is 62.3 Å². The van der Waals surface area contributed by atoms with Gasteiger partial charge in [-0.3, -0.25) is 0 Å². The predicted octanol–water partition coefficient (Wildman–Crippen LogP) is 3.19. The first kappa shape index (κ1) is 25.4. The van der Waals surface area contributed by atoms with E-state index >= 15 is 0 Å². The molecule has 0 bridgehead atoms. The maximum absolute atomic E-state index is 12.6. The first-order chi connectivity index (χ1) is 12.9. The molecule has 1 fully saturated rings. The quantitative estimate of drug-likeness (QED) is 0.304. The summed E-state index contributed by atoms with van der Waals surface area (Å²) in [4.78, 5) is 10.4. The number of piperidine rings is 1. The zero-order valence-electron chi connectivity index (χ0n) is 16.2. The summed E-state index contributed by atoms with van der Waals surface area (Å²) in [5.74, 6) is 1.17. The molecular weight excluding hydrogens is 506 g/mol. The van der Waals surface area contributed by atoms with Crippen LogP contribution in [-0.2, 0) is 17.5 Å². The molecule has 0 aliphatic carbocycles. The van der Waals surface area contributed by atoms with Crippen molar-refractivity contribution < 1.29 is 17.9 Å². The third-order valence-corrected chi connectivity index (χ3v) is 5.27. The molecule has 0 spiro atoms. The van der Waals surface area contributed by atoms with Crippen molar-refractivity contribution in [3.63, 3.8) is 0 Å². The van der Waals surface area contributed by atoms with Crippen molar-refractivity contribution in [3.05, 3.63) is 16.1 Å². The van der Waals surface area contributed by atoms with E-state index in [1.807, 2.05) is 6.92 Å². The highest BCUT2D eigenvalue weighted by atomic mass is 127. The topological polar surface area (TPSA) is 61.8 Å². The second-order valence-electron chi connectivity index (χ2n) is 6.48. The molecule has 0 unspecified atom stereocenters. The fourth-order valence-corrected chi connectivity index (χ4v) is 3.60. The van der Waals surface area contributed by atoms with E-state index in [1.54, 1.807) is 7.11 Å². The van der Waals surface area contributed by atoms with Crippen LogP contribution in [0.1, 0.15) is 30.5 Å². The van der Waals surface area contributed by atoms with Crippen molar-refractivity contribution in [2.24, 2.45) is 10.9 Å². The Balaban J connectivity index is 0.00000392.